The first kappa shape index (κ1) is 17.0. The molecule has 0 N–H and O–H groups in total. The van der Waals surface area contributed by atoms with E-state index >= 15 is 0 Å². The highest BCUT2D eigenvalue weighted by Crippen LogP contribution is 2.45. The van der Waals surface area contributed by atoms with Gasteiger partial charge in [-0.15, -0.1) is 6.58 Å². The van der Waals surface area contributed by atoms with E-state index in [1.54, 1.807) is 0 Å². The van der Waals surface area contributed by atoms with Crippen molar-refractivity contribution >= 4 is 0 Å². The SMILES string of the molecule is C=C(C)CCCC1CCC(C(c2ccccc2)c2ccccc2)C1. The maximum Gasteiger partial charge on any atom is 0.0118 e. The third-order valence-corrected chi connectivity index (χ3v) is 5.59. The van der Waals surface area contributed by atoms with Gasteiger partial charge in [0.2, 0.25) is 0 Å². The monoisotopic (exact) mass is 318 g/mol. The molecule has 2 aromatic carbocycles. The van der Waals surface area contributed by atoms with Gasteiger partial charge >= 0.3 is 0 Å². The van der Waals surface area contributed by atoms with Gasteiger partial charge in [-0.3, -0.25) is 0 Å². The molecular weight excluding hydrogens is 288 g/mol. The first-order valence-electron chi connectivity index (χ1n) is 9.48. The molecule has 1 fully saturated rings. The van der Waals surface area contributed by atoms with Crippen LogP contribution in [-0.2, 0) is 0 Å². The molecule has 2 atom stereocenters. The summed E-state index contributed by atoms with van der Waals surface area (Å²) in [5, 5.41) is 0. The summed E-state index contributed by atoms with van der Waals surface area (Å²) >= 11 is 0. The molecule has 2 unspecified atom stereocenters. The van der Waals surface area contributed by atoms with E-state index in [2.05, 4.69) is 74.2 Å². The Kier molecular flexibility index (Phi) is 5.91. The minimum absolute atomic E-state index is 0.554. The van der Waals surface area contributed by atoms with Crippen LogP contribution in [0.25, 0.3) is 0 Å². The molecule has 0 nitrogen and oxygen atoms in total. The van der Waals surface area contributed by atoms with Gasteiger partial charge in [0.1, 0.15) is 0 Å². The molecule has 1 aliphatic carbocycles. The van der Waals surface area contributed by atoms with Crippen LogP contribution in [-0.4, -0.2) is 0 Å². The number of benzene rings is 2. The molecule has 0 heteroatoms. The molecule has 3 rings (SSSR count). The highest BCUT2D eigenvalue weighted by Gasteiger charge is 2.32. The number of hydrogen-bond acceptors (Lipinski definition) is 0. The van der Waals surface area contributed by atoms with Gasteiger partial charge in [-0.1, -0.05) is 79.1 Å². The second-order valence-electron chi connectivity index (χ2n) is 7.59. The second kappa shape index (κ2) is 8.33. The van der Waals surface area contributed by atoms with Crippen molar-refractivity contribution in [3.05, 3.63) is 83.9 Å². The maximum atomic E-state index is 4.04. The fourth-order valence-electron chi connectivity index (χ4n) is 4.43. The minimum Gasteiger partial charge on any atom is -0.100 e. The third-order valence-electron chi connectivity index (χ3n) is 5.59. The van der Waals surface area contributed by atoms with Crippen molar-refractivity contribution in [3.63, 3.8) is 0 Å². The van der Waals surface area contributed by atoms with Crippen molar-refractivity contribution in [1.82, 2.24) is 0 Å². The minimum atomic E-state index is 0.554. The van der Waals surface area contributed by atoms with E-state index in [0.29, 0.717) is 5.92 Å². The van der Waals surface area contributed by atoms with Crippen LogP contribution in [0.1, 0.15) is 62.5 Å². The summed E-state index contributed by atoms with van der Waals surface area (Å²) in [4.78, 5) is 0. The van der Waals surface area contributed by atoms with Gasteiger partial charge in [0.25, 0.3) is 0 Å². The summed E-state index contributed by atoms with van der Waals surface area (Å²) in [5.41, 5.74) is 4.29. The molecule has 0 heterocycles. The van der Waals surface area contributed by atoms with E-state index in [9.17, 15) is 0 Å². The van der Waals surface area contributed by atoms with E-state index in [1.807, 2.05) is 0 Å². The van der Waals surface area contributed by atoms with Crippen LogP contribution in [0.5, 0.6) is 0 Å². The number of allylic oxidation sites excluding steroid dienone is 1. The zero-order valence-corrected chi connectivity index (χ0v) is 15.0. The summed E-state index contributed by atoms with van der Waals surface area (Å²) in [6.45, 7) is 6.19. The van der Waals surface area contributed by atoms with E-state index in [1.165, 1.54) is 55.2 Å². The molecular formula is C24H30. The molecule has 0 radical (unpaired) electrons. The molecule has 0 aliphatic heterocycles. The molecule has 0 saturated heterocycles. The molecule has 0 aromatic heterocycles. The molecule has 1 saturated carbocycles. The van der Waals surface area contributed by atoms with Gasteiger partial charge < -0.3 is 0 Å². The molecule has 2 aromatic rings. The lowest BCUT2D eigenvalue weighted by Gasteiger charge is -2.25. The van der Waals surface area contributed by atoms with Crippen LogP contribution in [0.3, 0.4) is 0 Å². The Hall–Kier alpha value is -1.82. The van der Waals surface area contributed by atoms with Gasteiger partial charge in [0.15, 0.2) is 0 Å². The lowest BCUT2D eigenvalue weighted by molar-refractivity contribution is 0.427. The Labute approximate surface area is 147 Å². The van der Waals surface area contributed by atoms with Crippen LogP contribution in [0.4, 0.5) is 0 Å². The zero-order chi connectivity index (χ0) is 16.8. The van der Waals surface area contributed by atoms with Gasteiger partial charge in [-0.25, -0.2) is 0 Å². The van der Waals surface area contributed by atoms with E-state index < -0.39 is 0 Å². The van der Waals surface area contributed by atoms with Gasteiger partial charge in [-0.2, -0.15) is 0 Å². The number of rotatable bonds is 7. The quantitative estimate of drug-likeness (QED) is 0.483. The third kappa shape index (κ3) is 4.38. The Morgan fingerprint density at radius 1 is 0.958 bits per heavy atom. The van der Waals surface area contributed by atoms with E-state index in [4.69, 9.17) is 0 Å². The normalized spacial score (nSPS) is 20.4. The Balaban J connectivity index is 1.72. The lowest BCUT2D eigenvalue weighted by Crippen LogP contribution is -2.12. The summed E-state index contributed by atoms with van der Waals surface area (Å²) in [6, 6.07) is 22.2. The summed E-state index contributed by atoms with van der Waals surface area (Å²) in [6.07, 6.45) is 8.03. The van der Waals surface area contributed by atoms with Crippen LogP contribution in [0, 0.1) is 11.8 Å². The number of hydrogen-bond donors (Lipinski definition) is 0. The fraction of sp³-hybridized carbons (Fsp3) is 0.417. The lowest BCUT2D eigenvalue weighted by atomic mass is 9.79. The second-order valence-corrected chi connectivity index (χ2v) is 7.59. The molecule has 1 aliphatic rings. The summed E-state index contributed by atoms with van der Waals surface area (Å²) < 4.78 is 0. The van der Waals surface area contributed by atoms with E-state index in [0.717, 1.165) is 11.8 Å². The fourth-order valence-corrected chi connectivity index (χ4v) is 4.43. The van der Waals surface area contributed by atoms with Crippen molar-refractivity contribution in [2.45, 2.75) is 51.4 Å². The average molecular weight is 319 g/mol. The maximum absolute atomic E-state index is 4.04. The molecule has 0 bridgehead atoms. The smallest absolute Gasteiger partial charge is 0.0118 e. The van der Waals surface area contributed by atoms with Crippen molar-refractivity contribution in [3.8, 4) is 0 Å². The molecule has 0 amide bonds. The molecule has 0 spiro atoms. The van der Waals surface area contributed by atoms with Gasteiger partial charge in [-0.05, 0) is 55.6 Å². The Morgan fingerprint density at radius 3 is 2.08 bits per heavy atom. The van der Waals surface area contributed by atoms with E-state index in [-0.39, 0.29) is 0 Å². The largest absolute Gasteiger partial charge is 0.100 e. The molecule has 126 valence electrons. The molecule has 24 heavy (non-hydrogen) atoms. The topological polar surface area (TPSA) is 0 Å². The standard InChI is InChI=1S/C24H30/c1-19(2)10-9-11-20-16-17-23(18-20)24(21-12-5-3-6-13-21)22-14-7-4-8-15-22/h3-8,12-15,20,23-24H,1,9-11,16-18H2,2H3. The van der Waals surface area contributed by atoms with Crippen molar-refractivity contribution in [2.24, 2.45) is 11.8 Å². The van der Waals surface area contributed by atoms with Crippen LogP contribution >= 0.6 is 0 Å². The average Bonchev–Trinajstić information content (AvgIpc) is 3.05. The van der Waals surface area contributed by atoms with Crippen LogP contribution < -0.4 is 0 Å². The summed E-state index contributed by atoms with van der Waals surface area (Å²) in [7, 11) is 0. The predicted molar refractivity (Wildman–Crippen MR) is 104 cm³/mol. The first-order valence-corrected chi connectivity index (χ1v) is 9.48. The van der Waals surface area contributed by atoms with Crippen LogP contribution in [0.2, 0.25) is 0 Å². The van der Waals surface area contributed by atoms with Crippen LogP contribution in [0.15, 0.2) is 72.8 Å². The van der Waals surface area contributed by atoms with Gasteiger partial charge in [0.05, 0.1) is 0 Å². The van der Waals surface area contributed by atoms with Crippen molar-refractivity contribution < 1.29 is 0 Å². The predicted octanol–water partition coefficient (Wildman–Crippen LogP) is 6.98. The zero-order valence-electron chi connectivity index (χ0n) is 15.0. The summed E-state index contributed by atoms with van der Waals surface area (Å²) in [5.74, 6) is 2.24. The van der Waals surface area contributed by atoms with Crippen molar-refractivity contribution in [1.29, 1.82) is 0 Å². The Morgan fingerprint density at radius 2 is 1.54 bits per heavy atom. The highest BCUT2D eigenvalue weighted by atomic mass is 14.4. The van der Waals surface area contributed by atoms with Gasteiger partial charge in [0, 0.05) is 5.92 Å². The Bertz CT molecular complexity index is 586. The first-order chi connectivity index (χ1) is 11.7. The van der Waals surface area contributed by atoms with Crippen molar-refractivity contribution in [2.75, 3.05) is 0 Å². The highest BCUT2D eigenvalue weighted by molar-refractivity contribution is 5.33.